The molecule has 2 aliphatic rings. The van der Waals surface area contributed by atoms with Crippen molar-refractivity contribution in [1.82, 2.24) is 5.32 Å². The fourth-order valence-electron chi connectivity index (χ4n) is 2.22. The van der Waals surface area contributed by atoms with E-state index in [-0.39, 0.29) is 23.2 Å². The molecule has 14 heavy (non-hydrogen) atoms. The van der Waals surface area contributed by atoms with Crippen LogP contribution in [0.5, 0.6) is 0 Å². The highest BCUT2D eigenvalue weighted by atomic mass is 32.2. The third-order valence-electron chi connectivity index (χ3n) is 3.07. The molecule has 2 aliphatic heterocycles. The lowest BCUT2D eigenvalue weighted by atomic mass is 9.94. The predicted octanol–water partition coefficient (Wildman–Crippen LogP) is -0.0579. The Bertz CT molecular complexity index is 298. The van der Waals surface area contributed by atoms with Gasteiger partial charge in [-0.25, -0.2) is 8.42 Å². The second-order valence-electron chi connectivity index (χ2n) is 4.39. The Hall–Kier alpha value is -0.130. The van der Waals surface area contributed by atoms with Crippen LogP contribution in [-0.4, -0.2) is 44.7 Å². The van der Waals surface area contributed by atoms with Crippen molar-refractivity contribution in [3.05, 3.63) is 0 Å². The number of morpholine rings is 1. The van der Waals surface area contributed by atoms with Gasteiger partial charge in [0.15, 0.2) is 9.84 Å². The van der Waals surface area contributed by atoms with Crippen LogP contribution in [0.25, 0.3) is 0 Å². The summed E-state index contributed by atoms with van der Waals surface area (Å²) in [5, 5.41) is 3.30. The molecule has 2 fully saturated rings. The van der Waals surface area contributed by atoms with E-state index in [4.69, 9.17) is 4.74 Å². The van der Waals surface area contributed by atoms with E-state index in [2.05, 4.69) is 5.32 Å². The molecule has 2 rings (SSSR count). The molecule has 0 amide bonds. The third-order valence-corrected chi connectivity index (χ3v) is 4.72. The molecule has 1 spiro atoms. The first-order valence-corrected chi connectivity index (χ1v) is 6.93. The highest BCUT2D eigenvalue weighted by molar-refractivity contribution is 7.91. The highest BCUT2D eigenvalue weighted by Crippen LogP contribution is 2.30. The van der Waals surface area contributed by atoms with Gasteiger partial charge in [-0.05, 0) is 19.8 Å². The molecule has 1 unspecified atom stereocenters. The van der Waals surface area contributed by atoms with E-state index in [1.165, 1.54) is 0 Å². The number of ether oxygens (including phenoxy) is 1. The molecule has 0 aromatic carbocycles. The monoisotopic (exact) mass is 219 g/mol. The van der Waals surface area contributed by atoms with Crippen LogP contribution < -0.4 is 5.32 Å². The topological polar surface area (TPSA) is 55.4 Å². The Balaban J connectivity index is 2.04. The van der Waals surface area contributed by atoms with Crippen LogP contribution in [0.3, 0.4) is 0 Å². The molecule has 82 valence electrons. The summed E-state index contributed by atoms with van der Waals surface area (Å²) < 4.78 is 28.4. The van der Waals surface area contributed by atoms with Gasteiger partial charge < -0.3 is 10.1 Å². The standard InChI is InChI=1S/C9H17NO3S/c1-8-6-10-7-9(13-8)2-4-14(11,12)5-3-9/h8,10H,2-7H2,1H3. The molecule has 2 saturated heterocycles. The lowest BCUT2D eigenvalue weighted by molar-refractivity contribution is -0.113. The summed E-state index contributed by atoms with van der Waals surface area (Å²) in [6, 6.07) is 0. The summed E-state index contributed by atoms with van der Waals surface area (Å²) in [6.45, 7) is 3.69. The van der Waals surface area contributed by atoms with Gasteiger partial charge in [0.25, 0.3) is 0 Å². The normalized spacial score (nSPS) is 35.6. The van der Waals surface area contributed by atoms with Gasteiger partial charge in [0, 0.05) is 13.1 Å². The zero-order valence-electron chi connectivity index (χ0n) is 8.45. The smallest absolute Gasteiger partial charge is 0.150 e. The van der Waals surface area contributed by atoms with Crippen molar-refractivity contribution in [2.45, 2.75) is 31.5 Å². The van der Waals surface area contributed by atoms with E-state index in [0.717, 1.165) is 13.1 Å². The summed E-state index contributed by atoms with van der Waals surface area (Å²) in [6.07, 6.45) is 1.49. The van der Waals surface area contributed by atoms with Crippen LogP contribution in [-0.2, 0) is 14.6 Å². The second kappa shape index (κ2) is 3.47. The minimum Gasteiger partial charge on any atom is -0.369 e. The molecular weight excluding hydrogens is 202 g/mol. The minimum atomic E-state index is -2.78. The Morgan fingerprint density at radius 3 is 2.57 bits per heavy atom. The molecule has 2 heterocycles. The van der Waals surface area contributed by atoms with Crippen LogP contribution in [0, 0.1) is 0 Å². The average Bonchev–Trinajstić information content (AvgIpc) is 2.12. The van der Waals surface area contributed by atoms with Gasteiger partial charge in [0.05, 0.1) is 23.2 Å². The summed E-state index contributed by atoms with van der Waals surface area (Å²) >= 11 is 0. The quantitative estimate of drug-likeness (QED) is 0.620. The average molecular weight is 219 g/mol. The fraction of sp³-hybridized carbons (Fsp3) is 1.00. The van der Waals surface area contributed by atoms with Crippen LogP contribution in [0.2, 0.25) is 0 Å². The van der Waals surface area contributed by atoms with Gasteiger partial charge in [-0.3, -0.25) is 0 Å². The van der Waals surface area contributed by atoms with Crippen molar-refractivity contribution in [3.8, 4) is 0 Å². The van der Waals surface area contributed by atoms with Gasteiger partial charge >= 0.3 is 0 Å². The lowest BCUT2D eigenvalue weighted by Gasteiger charge is -2.43. The van der Waals surface area contributed by atoms with E-state index < -0.39 is 9.84 Å². The zero-order valence-corrected chi connectivity index (χ0v) is 9.27. The molecule has 5 heteroatoms. The maximum Gasteiger partial charge on any atom is 0.150 e. The van der Waals surface area contributed by atoms with Crippen LogP contribution >= 0.6 is 0 Å². The first-order chi connectivity index (χ1) is 6.52. The lowest BCUT2D eigenvalue weighted by Crippen LogP contribution is -2.56. The molecule has 0 aromatic rings. The van der Waals surface area contributed by atoms with Gasteiger partial charge in [0.2, 0.25) is 0 Å². The summed E-state index contributed by atoms with van der Waals surface area (Å²) in [7, 11) is -2.78. The van der Waals surface area contributed by atoms with E-state index >= 15 is 0 Å². The van der Waals surface area contributed by atoms with Gasteiger partial charge in [-0.2, -0.15) is 0 Å². The summed E-state index contributed by atoms with van der Waals surface area (Å²) in [5.41, 5.74) is -0.205. The van der Waals surface area contributed by atoms with Crippen LogP contribution in [0.1, 0.15) is 19.8 Å². The molecule has 0 aromatic heterocycles. The van der Waals surface area contributed by atoms with E-state index in [0.29, 0.717) is 12.8 Å². The third kappa shape index (κ3) is 2.10. The van der Waals surface area contributed by atoms with E-state index in [1.54, 1.807) is 0 Å². The number of hydrogen-bond acceptors (Lipinski definition) is 4. The molecule has 0 saturated carbocycles. The number of hydrogen-bond donors (Lipinski definition) is 1. The van der Waals surface area contributed by atoms with Crippen molar-refractivity contribution < 1.29 is 13.2 Å². The number of nitrogens with one attached hydrogen (secondary N) is 1. The van der Waals surface area contributed by atoms with Crippen molar-refractivity contribution in [1.29, 1.82) is 0 Å². The van der Waals surface area contributed by atoms with Crippen LogP contribution in [0.4, 0.5) is 0 Å². The first kappa shape index (κ1) is 10.4. The molecule has 0 bridgehead atoms. The SMILES string of the molecule is CC1CNCC2(CCS(=O)(=O)CC2)O1. The number of sulfone groups is 1. The highest BCUT2D eigenvalue weighted by Gasteiger charge is 2.40. The Morgan fingerprint density at radius 2 is 2.00 bits per heavy atom. The molecule has 1 N–H and O–H groups in total. The summed E-state index contributed by atoms with van der Waals surface area (Å²) in [5.74, 6) is 0.558. The fourth-order valence-corrected chi connectivity index (χ4v) is 3.79. The van der Waals surface area contributed by atoms with Gasteiger partial charge in [-0.15, -0.1) is 0 Å². The first-order valence-electron chi connectivity index (χ1n) is 5.10. The molecule has 4 nitrogen and oxygen atoms in total. The second-order valence-corrected chi connectivity index (χ2v) is 6.70. The van der Waals surface area contributed by atoms with E-state index in [9.17, 15) is 8.42 Å². The van der Waals surface area contributed by atoms with Crippen molar-refractivity contribution in [2.24, 2.45) is 0 Å². The largest absolute Gasteiger partial charge is 0.369 e. The van der Waals surface area contributed by atoms with Crippen LogP contribution in [0.15, 0.2) is 0 Å². The molecular formula is C9H17NO3S. The Labute approximate surface area is 84.9 Å². The summed E-state index contributed by atoms with van der Waals surface area (Å²) in [4.78, 5) is 0. The van der Waals surface area contributed by atoms with E-state index in [1.807, 2.05) is 6.92 Å². The molecule has 0 aliphatic carbocycles. The number of rotatable bonds is 0. The maximum absolute atomic E-state index is 11.3. The predicted molar refractivity (Wildman–Crippen MR) is 54.0 cm³/mol. The molecule has 0 radical (unpaired) electrons. The van der Waals surface area contributed by atoms with Crippen molar-refractivity contribution in [2.75, 3.05) is 24.6 Å². The Morgan fingerprint density at radius 1 is 1.36 bits per heavy atom. The Kier molecular flexibility index (Phi) is 2.57. The minimum absolute atomic E-state index is 0.199. The maximum atomic E-state index is 11.3. The van der Waals surface area contributed by atoms with Crippen molar-refractivity contribution >= 4 is 9.84 Å². The zero-order chi connectivity index (χ0) is 10.2. The van der Waals surface area contributed by atoms with Gasteiger partial charge in [0.1, 0.15) is 0 Å². The van der Waals surface area contributed by atoms with Gasteiger partial charge in [-0.1, -0.05) is 0 Å². The molecule has 1 atom stereocenters. The van der Waals surface area contributed by atoms with Crippen molar-refractivity contribution in [3.63, 3.8) is 0 Å².